The summed E-state index contributed by atoms with van der Waals surface area (Å²) in [5, 5.41) is 7.78. The summed E-state index contributed by atoms with van der Waals surface area (Å²) in [4.78, 5) is 0. The quantitative estimate of drug-likeness (QED) is 0.558. The molecule has 0 atom stereocenters. The lowest BCUT2D eigenvalue weighted by Crippen LogP contribution is -2.03. The van der Waals surface area contributed by atoms with Crippen molar-refractivity contribution in [2.75, 3.05) is 5.73 Å². The molecule has 0 spiro atoms. The van der Waals surface area contributed by atoms with Gasteiger partial charge in [0.1, 0.15) is 0 Å². The normalized spacial score (nSPS) is 10.6. The number of nitrogens with one attached hydrogen (secondary N) is 1. The molecule has 1 aromatic rings. The molecule has 0 aliphatic carbocycles. The molecule has 76 valence electrons. The molecule has 0 aliphatic heterocycles. The van der Waals surface area contributed by atoms with Gasteiger partial charge in [0.2, 0.25) is 0 Å². The Morgan fingerprint density at radius 3 is 2.57 bits per heavy atom. The first-order chi connectivity index (χ1) is 6.56. The molecule has 2 nitrogen and oxygen atoms in total. The highest BCUT2D eigenvalue weighted by Crippen LogP contribution is 2.21. The predicted octanol–water partition coefficient (Wildman–Crippen LogP) is 3.17. The minimum absolute atomic E-state index is 0.485. The van der Waals surface area contributed by atoms with E-state index in [-0.39, 0.29) is 0 Å². The van der Waals surface area contributed by atoms with Gasteiger partial charge in [0, 0.05) is 17.0 Å². The van der Waals surface area contributed by atoms with Crippen molar-refractivity contribution in [3.8, 4) is 0 Å². The van der Waals surface area contributed by atoms with E-state index in [1.54, 1.807) is 0 Å². The van der Waals surface area contributed by atoms with Gasteiger partial charge in [0.15, 0.2) is 0 Å². The predicted molar refractivity (Wildman–Crippen MR) is 62.1 cm³/mol. The van der Waals surface area contributed by atoms with E-state index in [9.17, 15) is 0 Å². The summed E-state index contributed by atoms with van der Waals surface area (Å²) in [5.74, 6) is 0.485. The van der Waals surface area contributed by atoms with Crippen LogP contribution in [0.5, 0.6) is 0 Å². The maximum absolute atomic E-state index is 7.78. The number of nitrogen functional groups attached to an aromatic ring is 1. The number of hydrogen-bond donors (Lipinski definition) is 2. The fourth-order valence-electron chi connectivity index (χ4n) is 1.38. The van der Waals surface area contributed by atoms with Crippen LogP contribution in [0.25, 0.3) is 0 Å². The maximum Gasteiger partial charge on any atom is 0.0406 e. The van der Waals surface area contributed by atoms with Crippen LogP contribution in [-0.2, 0) is 0 Å². The summed E-state index contributed by atoms with van der Waals surface area (Å²) in [5.41, 5.74) is 9.28. The van der Waals surface area contributed by atoms with E-state index in [1.807, 2.05) is 25.1 Å². The zero-order chi connectivity index (χ0) is 10.7. The van der Waals surface area contributed by atoms with Gasteiger partial charge >= 0.3 is 0 Å². The first kappa shape index (κ1) is 10.8. The molecule has 14 heavy (non-hydrogen) atoms. The highest BCUT2D eigenvalue weighted by Gasteiger charge is 2.07. The van der Waals surface area contributed by atoms with Crippen LogP contribution in [0.3, 0.4) is 0 Å². The van der Waals surface area contributed by atoms with Crippen LogP contribution in [-0.4, -0.2) is 5.71 Å². The number of rotatable bonds is 3. The topological polar surface area (TPSA) is 49.9 Å². The van der Waals surface area contributed by atoms with Crippen molar-refractivity contribution in [1.29, 1.82) is 5.41 Å². The van der Waals surface area contributed by atoms with Gasteiger partial charge in [-0.2, -0.15) is 0 Å². The van der Waals surface area contributed by atoms with E-state index in [1.165, 1.54) is 5.56 Å². The summed E-state index contributed by atoms with van der Waals surface area (Å²) in [6.45, 7) is 6.26. The molecule has 0 amide bonds. The Morgan fingerprint density at radius 1 is 1.43 bits per heavy atom. The zero-order valence-corrected chi connectivity index (χ0v) is 9.09. The molecule has 2 heteroatoms. The SMILES string of the molecule is CCC(=N)c1cc(C(C)C)ccc1N. The van der Waals surface area contributed by atoms with Crippen molar-refractivity contribution in [2.45, 2.75) is 33.1 Å². The van der Waals surface area contributed by atoms with Gasteiger partial charge in [-0.3, -0.25) is 0 Å². The minimum atomic E-state index is 0.485. The molecule has 0 bridgehead atoms. The summed E-state index contributed by atoms with van der Waals surface area (Å²) >= 11 is 0. The van der Waals surface area contributed by atoms with Gasteiger partial charge in [0.05, 0.1) is 0 Å². The monoisotopic (exact) mass is 190 g/mol. The summed E-state index contributed by atoms with van der Waals surface area (Å²) in [6.07, 6.45) is 0.728. The van der Waals surface area contributed by atoms with Crippen molar-refractivity contribution >= 4 is 11.4 Å². The Kier molecular flexibility index (Phi) is 3.28. The van der Waals surface area contributed by atoms with Gasteiger partial charge in [-0.1, -0.05) is 26.8 Å². The molecule has 1 aromatic carbocycles. The van der Waals surface area contributed by atoms with Crippen molar-refractivity contribution in [3.63, 3.8) is 0 Å². The molecule has 0 unspecified atom stereocenters. The van der Waals surface area contributed by atoms with Crippen molar-refractivity contribution < 1.29 is 0 Å². The van der Waals surface area contributed by atoms with E-state index in [4.69, 9.17) is 11.1 Å². The van der Waals surface area contributed by atoms with E-state index in [0.29, 0.717) is 17.3 Å². The van der Waals surface area contributed by atoms with Crippen LogP contribution < -0.4 is 5.73 Å². The Morgan fingerprint density at radius 2 is 2.07 bits per heavy atom. The molecule has 1 rings (SSSR count). The van der Waals surface area contributed by atoms with E-state index in [2.05, 4.69) is 13.8 Å². The van der Waals surface area contributed by atoms with Gasteiger partial charge in [0.25, 0.3) is 0 Å². The maximum atomic E-state index is 7.78. The summed E-state index contributed by atoms with van der Waals surface area (Å²) < 4.78 is 0. The first-order valence-electron chi connectivity index (χ1n) is 5.03. The van der Waals surface area contributed by atoms with Crippen LogP contribution >= 0.6 is 0 Å². The fourth-order valence-corrected chi connectivity index (χ4v) is 1.38. The molecule has 0 saturated heterocycles. The highest BCUT2D eigenvalue weighted by molar-refractivity contribution is 6.02. The van der Waals surface area contributed by atoms with Gasteiger partial charge in [-0.05, 0) is 30.0 Å². The van der Waals surface area contributed by atoms with Crippen LogP contribution in [0.15, 0.2) is 18.2 Å². The van der Waals surface area contributed by atoms with Crippen molar-refractivity contribution in [1.82, 2.24) is 0 Å². The molecule has 0 fully saturated rings. The molecule has 0 heterocycles. The largest absolute Gasteiger partial charge is 0.398 e. The average Bonchev–Trinajstić information content (AvgIpc) is 2.17. The standard InChI is InChI=1S/C12H18N2/c1-4-11(13)10-7-9(8(2)3)5-6-12(10)14/h5-8,13H,4,14H2,1-3H3. The van der Waals surface area contributed by atoms with Gasteiger partial charge in [-0.15, -0.1) is 0 Å². The molecular weight excluding hydrogens is 172 g/mol. The number of nitrogens with two attached hydrogens (primary N) is 1. The van der Waals surface area contributed by atoms with E-state index in [0.717, 1.165) is 12.0 Å². The highest BCUT2D eigenvalue weighted by atomic mass is 14.6. The Balaban J connectivity index is 3.15. The third-order valence-electron chi connectivity index (χ3n) is 2.42. The number of benzene rings is 1. The molecular formula is C12H18N2. The smallest absolute Gasteiger partial charge is 0.0406 e. The molecule has 0 saturated carbocycles. The number of hydrogen-bond acceptors (Lipinski definition) is 2. The van der Waals surface area contributed by atoms with E-state index >= 15 is 0 Å². The first-order valence-corrected chi connectivity index (χ1v) is 5.03. The number of anilines is 1. The zero-order valence-electron chi connectivity index (χ0n) is 9.09. The molecule has 0 aliphatic rings. The van der Waals surface area contributed by atoms with E-state index < -0.39 is 0 Å². The Labute approximate surface area is 85.6 Å². The summed E-state index contributed by atoms with van der Waals surface area (Å²) in [6, 6.07) is 5.97. The van der Waals surface area contributed by atoms with Crippen LogP contribution in [0.2, 0.25) is 0 Å². The molecule has 3 N–H and O–H groups in total. The summed E-state index contributed by atoms with van der Waals surface area (Å²) in [7, 11) is 0. The average molecular weight is 190 g/mol. The second-order valence-electron chi connectivity index (χ2n) is 3.83. The van der Waals surface area contributed by atoms with Gasteiger partial charge in [-0.25, -0.2) is 0 Å². The molecule has 0 aromatic heterocycles. The van der Waals surface area contributed by atoms with Crippen molar-refractivity contribution in [2.24, 2.45) is 0 Å². The lowest BCUT2D eigenvalue weighted by Gasteiger charge is -2.10. The van der Waals surface area contributed by atoms with Crippen LogP contribution in [0.4, 0.5) is 5.69 Å². The second kappa shape index (κ2) is 4.27. The Bertz CT molecular complexity index is 340. The fraction of sp³-hybridized carbons (Fsp3) is 0.417. The van der Waals surface area contributed by atoms with Crippen LogP contribution in [0, 0.1) is 5.41 Å². The van der Waals surface area contributed by atoms with Gasteiger partial charge < -0.3 is 11.1 Å². The lowest BCUT2D eigenvalue weighted by atomic mass is 9.97. The molecule has 0 radical (unpaired) electrons. The minimum Gasteiger partial charge on any atom is -0.398 e. The third-order valence-corrected chi connectivity index (χ3v) is 2.42. The lowest BCUT2D eigenvalue weighted by molar-refractivity contribution is 0.866. The Hall–Kier alpha value is -1.31. The second-order valence-corrected chi connectivity index (χ2v) is 3.83. The third kappa shape index (κ3) is 2.13. The van der Waals surface area contributed by atoms with Crippen molar-refractivity contribution in [3.05, 3.63) is 29.3 Å². The van der Waals surface area contributed by atoms with Crippen LogP contribution in [0.1, 0.15) is 44.2 Å².